The lowest BCUT2D eigenvalue weighted by atomic mass is 10.0. The number of amides is 2. The topological polar surface area (TPSA) is 72.9 Å². The number of nitrogens with one attached hydrogen (secondary N) is 1. The summed E-state index contributed by atoms with van der Waals surface area (Å²) in [6, 6.07) is 7.92. The van der Waals surface area contributed by atoms with Gasteiger partial charge in [0.2, 0.25) is 0 Å². The van der Waals surface area contributed by atoms with Gasteiger partial charge in [0.25, 0.3) is 0 Å². The molecule has 1 saturated heterocycles. The first kappa shape index (κ1) is 19.5. The molecule has 7 heteroatoms. The Kier molecular flexibility index (Phi) is 7.52. The van der Waals surface area contributed by atoms with E-state index in [0.29, 0.717) is 6.54 Å². The number of carbonyl (C=O) groups is 2. The maximum absolute atomic E-state index is 12.1. The van der Waals surface area contributed by atoms with Crippen LogP contribution in [0.2, 0.25) is 5.02 Å². The van der Waals surface area contributed by atoms with Gasteiger partial charge in [-0.05, 0) is 37.1 Å². The van der Waals surface area contributed by atoms with Gasteiger partial charge < -0.3 is 15.3 Å². The van der Waals surface area contributed by atoms with E-state index in [9.17, 15) is 9.59 Å². The second-order valence-corrected chi connectivity index (χ2v) is 6.94. The van der Waals surface area contributed by atoms with Crippen molar-refractivity contribution in [2.24, 2.45) is 0 Å². The fourth-order valence-electron chi connectivity index (χ4n) is 3.07. The number of piperidine rings is 1. The number of nitrogens with zero attached hydrogens (tertiary/aromatic N) is 2. The summed E-state index contributed by atoms with van der Waals surface area (Å²) in [5.41, 5.74) is 1.17. The molecule has 1 atom stereocenters. The summed E-state index contributed by atoms with van der Waals surface area (Å²) in [7, 11) is 1.61. The third kappa shape index (κ3) is 6.55. The van der Waals surface area contributed by atoms with Crippen molar-refractivity contribution < 1.29 is 14.7 Å². The first-order valence-electron chi connectivity index (χ1n) is 8.65. The third-order valence-electron chi connectivity index (χ3n) is 4.52. The first-order chi connectivity index (χ1) is 12.0. The van der Waals surface area contributed by atoms with E-state index < -0.39 is 5.97 Å². The summed E-state index contributed by atoms with van der Waals surface area (Å²) in [5.74, 6) is -0.903. The highest BCUT2D eigenvalue weighted by atomic mass is 35.5. The van der Waals surface area contributed by atoms with Gasteiger partial charge in [-0.1, -0.05) is 30.2 Å². The molecule has 0 saturated carbocycles. The van der Waals surface area contributed by atoms with Crippen LogP contribution in [0.3, 0.4) is 0 Å². The molecule has 1 heterocycles. The summed E-state index contributed by atoms with van der Waals surface area (Å²) in [6.45, 7) is 2.59. The molecule has 1 aromatic rings. The largest absolute Gasteiger partial charge is 0.481 e. The average molecular weight is 368 g/mol. The van der Waals surface area contributed by atoms with Gasteiger partial charge in [0, 0.05) is 37.7 Å². The van der Waals surface area contributed by atoms with Crippen LogP contribution in [0.1, 0.15) is 31.2 Å². The summed E-state index contributed by atoms with van der Waals surface area (Å²) in [4.78, 5) is 26.5. The quantitative estimate of drug-likeness (QED) is 0.777. The summed E-state index contributed by atoms with van der Waals surface area (Å²) < 4.78 is 0. The van der Waals surface area contributed by atoms with Gasteiger partial charge in [-0.3, -0.25) is 9.69 Å². The number of rotatable bonds is 7. The molecule has 1 aromatic carbocycles. The Morgan fingerprint density at radius 2 is 2.20 bits per heavy atom. The van der Waals surface area contributed by atoms with E-state index in [4.69, 9.17) is 16.7 Å². The molecular formula is C18H26ClN3O3. The van der Waals surface area contributed by atoms with Gasteiger partial charge in [-0.2, -0.15) is 0 Å². The number of halogens is 1. The normalized spacial score (nSPS) is 17.9. The number of carboxylic acids is 1. The lowest BCUT2D eigenvalue weighted by Gasteiger charge is -2.36. The van der Waals surface area contributed by atoms with Crippen molar-refractivity contribution in [3.8, 4) is 0 Å². The molecule has 0 aliphatic carbocycles. The Morgan fingerprint density at radius 1 is 1.40 bits per heavy atom. The van der Waals surface area contributed by atoms with Crippen LogP contribution >= 0.6 is 11.6 Å². The molecule has 1 aliphatic heterocycles. The lowest BCUT2D eigenvalue weighted by molar-refractivity contribution is -0.137. The standard InChI is InChI=1S/C18H26ClN3O3/c1-21(10-8-17(23)24)18(25)20-12-16-7-2-3-9-22(16)13-14-5-4-6-15(19)11-14/h4-6,11,16H,2-3,7-10,12-13H2,1H3,(H,20,25)(H,23,24). The van der Waals surface area contributed by atoms with E-state index in [1.54, 1.807) is 7.05 Å². The van der Waals surface area contributed by atoms with Crippen LogP contribution in [0.15, 0.2) is 24.3 Å². The number of urea groups is 1. The second kappa shape index (κ2) is 9.63. The molecule has 25 heavy (non-hydrogen) atoms. The molecule has 0 radical (unpaired) electrons. The predicted octanol–water partition coefficient (Wildman–Crippen LogP) is 2.81. The number of carbonyl (C=O) groups excluding carboxylic acids is 1. The van der Waals surface area contributed by atoms with Crippen molar-refractivity contribution in [2.75, 3.05) is 26.7 Å². The Hall–Kier alpha value is -1.79. The maximum atomic E-state index is 12.1. The molecule has 138 valence electrons. The zero-order valence-electron chi connectivity index (χ0n) is 14.6. The van der Waals surface area contributed by atoms with E-state index in [2.05, 4.69) is 16.3 Å². The Morgan fingerprint density at radius 3 is 2.92 bits per heavy atom. The fourth-order valence-corrected chi connectivity index (χ4v) is 3.29. The summed E-state index contributed by atoms with van der Waals surface area (Å²) in [5, 5.41) is 12.4. The van der Waals surface area contributed by atoms with Crippen molar-refractivity contribution >= 4 is 23.6 Å². The van der Waals surface area contributed by atoms with E-state index in [0.717, 1.165) is 37.4 Å². The lowest BCUT2D eigenvalue weighted by Crippen LogP contribution is -2.48. The number of hydrogen-bond acceptors (Lipinski definition) is 3. The number of hydrogen-bond donors (Lipinski definition) is 2. The number of aliphatic carboxylic acids is 1. The van der Waals surface area contributed by atoms with E-state index >= 15 is 0 Å². The van der Waals surface area contributed by atoms with Gasteiger partial charge >= 0.3 is 12.0 Å². The maximum Gasteiger partial charge on any atom is 0.317 e. The van der Waals surface area contributed by atoms with Crippen molar-refractivity contribution in [1.29, 1.82) is 0 Å². The molecule has 0 spiro atoms. The minimum atomic E-state index is -0.903. The van der Waals surface area contributed by atoms with Crippen molar-refractivity contribution in [3.63, 3.8) is 0 Å². The second-order valence-electron chi connectivity index (χ2n) is 6.50. The van der Waals surface area contributed by atoms with E-state index in [1.807, 2.05) is 18.2 Å². The van der Waals surface area contributed by atoms with Crippen LogP contribution in [-0.2, 0) is 11.3 Å². The van der Waals surface area contributed by atoms with Crippen LogP contribution in [-0.4, -0.2) is 59.6 Å². The summed E-state index contributed by atoms with van der Waals surface area (Å²) in [6.07, 6.45) is 3.30. The molecule has 2 amide bonds. The molecule has 1 aliphatic rings. The van der Waals surface area contributed by atoms with Crippen LogP contribution in [0, 0.1) is 0 Å². The molecule has 1 unspecified atom stereocenters. The van der Waals surface area contributed by atoms with Crippen molar-refractivity contribution in [1.82, 2.24) is 15.1 Å². The zero-order valence-corrected chi connectivity index (χ0v) is 15.3. The highest BCUT2D eigenvalue weighted by molar-refractivity contribution is 6.30. The fraction of sp³-hybridized carbons (Fsp3) is 0.556. The molecule has 0 bridgehead atoms. The van der Waals surface area contributed by atoms with E-state index in [1.165, 1.54) is 10.5 Å². The number of carboxylic acid groups (broad SMARTS) is 1. The SMILES string of the molecule is CN(CCC(=O)O)C(=O)NCC1CCCCN1Cc1cccc(Cl)c1. The smallest absolute Gasteiger partial charge is 0.317 e. The summed E-state index contributed by atoms with van der Waals surface area (Å²) >= 11 is 6.07. The Bertz CT molecular complexity index is 597. The highest BCUT2D eigenvalue weighted by Gasteiger charge is 2.23. The van der Waals surface area contributed by atoms with Gasteiger partial charge in [0.05, 0.1) is 6.42 Å². The molecule has 2 rings (SSSR count). The highest BCUT2D eigenvalue weighted by Crippen LogP contribution is 2.20. The molecular weight excluding hydrogens is 342 g/mol. The van der Waals surface area contributed by atoms with Gasteiger partial charge in [-0.15, -0.1) is 0 Å². The van der Waals surface area contributed by atoms with Crippen LogP contribution in [0.4, 0.5) is 4.79 Å². The molecule has 0 aromatic heterocycles. The molecule has 6 nitrogen and oxygen atoms in total. The minimum absolute atomic E-state index is 0.0474. The van der Waals surface area contributed by atoms with Gasteiger partial charge in [0.15, 0.2) is 0 Å². The van der Waals surface area contributed by atoms with Gasteiger partial charge in [0.1, 0.15) is 0 Å². The zero-order chi connectivity index (χ0) is 18.2. The van der Waals surface area contributed by atoms with Crippen LogP contribution in [0.5, 0.6) is 0 Å². The number of benzene rings is 1. The minimum Gasteiger partial charge on any atom is -0.481 e. The van der Waals surface area contributed by atoms with E-state index in [-0.39, 0.29) is 25.0 Å². The van der Waals surface area contributed by atoms with Crippen LogP contribution < -0.4 is 5.32 Å². The average Bonchev–Trinajstić information content (AvgIpc) is 2.58. The third-order valence-corrected chi connectivity index (χ3v) is 4.76. The monoisotopic (exact) mass is 367 g/mol. The van der Waals surface area contributed by atoms with Crippen molar-refractivity contribution in [3.05, 3.63) is 34.9 Å². The Balaban J connectivity index is 1.85. The molecule has 2 N–H and O–H groups in total. The van der Waals surface area contributed by atoms with Gasteiger partial charge in [-0.25, -0.2) is 4.79 Å². The predicted molar refractivity (Wildman–Crippen MR) is 97.8 cm³/mol. The number of likely N-dealkylation sites (tertiary alicyclic amines) is 1. The van der Waals surface area contributed by atoms with Crippen molar-refractivity contribution in [2.45, 2.75) is 38.3 Å². The molecule has 1 fully saturated rings. The first-order valence-corrected chi connectivity index (χ1v) is 9.03. The Labute approximate surface area is 153 Å². The van der Waals surface area contributed by atoms with Crippen LogP contribution in [0.25, 0.3) is 0 Å².